The van der Waals surface area contributed by atoms with Gasteiger partial charge in [-0.25, -0.2) is 0 Å². The minimum Gasteiger partial charge on any atom is -0.336 e. The van der Waals surface area contributed by atoms with Crippen LogP contribution in [0.5, 0.6) is 0 Å². The summed E-state index contributed by atoms with van der Waals surface area (Å²) in [6.07, 6.45) is 0. The van der Waals surface area contributed by atoms with Gasteiger partial charge in [-0.05, 0) is 0 Å². The molecular weight excluding hydrogens is 293 g/mol. The van der Waals surface area contributed by atoms with Gasteiger partial charge in [0.15, 0.2) is 0 Å². The van der Waals surface area contributed by atoms with Crippen LogP contribution < -0.4 is 5.32 Å². The zero-order chi connectivity index (χ0) is 14.0. The molecule has 0 radical (unpaired) electrons. The van der Waals surface area contributed by atoms with Gasteiger partial charge in [0.1, 0.15) is 0 Å². The molecule has 0 bridgehead atoms. The molecular formula is C11H11Cl2N3O3. The Kier molecular flexibility index (Phi) is 4.24. The Morgan fingerprint density at radius 2 is 1.95 bits per heavy atom. The second-order valence-electron chi connectivity index (χ2n) is 4.09. The van der Waals surface area contributed by atoms with Gasteiger partial charge in [0.2, 0.25) is 0 Å². The number of halogens is 2. The molecule has 1 aromatic carbocycles. The maximum atomic E-state index is 12.3. The zero-order valence-electron chi connectivity index (χ0n) is 9.86. The van der Waals surface area contributed by atoms with E-state index in [-0.39, 0.29) is 27.2 Å². The van der Waals surface area contributed by atoms with E-state index in [2.05, 4.69) is 5.32 Å². The van der Waals surface area contributed by atoms with Crippen LogP contribution in [0.25, 0.3) is 0 Å². The summed E-state index contributed by atoms with van der Waals surface area (Å²) < 4.78 is 0. The third-order valence-corrected chi connectivity index (χ3v) is 3.66. The molecule has 0 unspecified atom stereocenters. The van der Waals surface area contributed by atoms with E-state index in [1.54, 1.807) is 4.90 Å². The Morgan fingerprint density at radius 3 is 2.53 bits per heavy atom. The fraction of sp³-hybridized carbons (Fsp3) is 0.364. The Morgan fingerprint density at radius 1 is 1.32 bits per heavy atom. The number of nitro benzene ring substituents is 1. The third-order valence-electron chi connectivity index (χ3n) is 2.86. The van der Waals surface area contributed by atoms with E-state index in [9.17, 15) is 14.9 Å². The van der Waals surface area contributed by atoms with E-state index in [0.717, 1.165) is 6.07 Å². The molecule has 1 aromatic rings. The number of nitrogens with zero attached hydrogens (tertiary/aromatic N) is 2. The molecule has 102 valence electrons. The predicted octanol–water partition coefficient (Wildman–Crippen LogP) is 1.95. The van der Waals surface area contributed by atoms with Crippen molar-refractivity contribution < 1.29 is 9.72 Å². The second-order valence-corrected chi connectivity index (χ2v) is 4.87. The number of amides is 1. The highest BCUT2D eigenvalue weighted by Gasteiger charge is 2.24. The molecule has 6 nitrogen and oxygen atoms in total. The van der Waals surface area contributed by atoms with Crippen molar-refractivity contribution in [3.8, 4) is 0 Å². The third kappa shape index (κ3) is 2.97. The van der Waals surface area contributed by atoms with Crippen molar-refractivity contribution in [2.75, 3.05) is 26.2 Å². The van der Waals surface area contributed by atoms with Crippen LogP contribution in [-0.2, 0) is 0 Å². The molecule has 0 aromatic heterocycles. The van der Waals surface area contributed by atoms with Crippen LogP contribution in [0.3, 0.4) is 0 Å². The number of hydrogen-bond donors (Lipinski definition) is 1. The number of carbonyl (C=O) groups excluding carboxylic acids is 1. The highest BCUT2D eigenvalue weighted by Crippen LogP contribution is 2.31. The van der Waals surface area contributed by atoms with E-state index >= 15 is 0 Å². The number of carbonyl (C=O) groups is 1. The van der Waals surface area contributed by atoms with Crippen molar-refractivity contribution in [1.82, 2.24) is 10.2 Å². The molecule has 0 atom stereocenters. The Labute approximate surface area is 119 Å². The number of nitro groups is 1. The molecule has 1 aliphatic rings. The van der Waals surface area contributed by atoms with E-state index < -0.39 is 4.92 Å². The Balaban J connectivity index is 2.37. The van der Waals surface area contributed by atoms with E-state index in [4.69, 9.17) is 23.2 Å². The lowest BCUT2D eigenvalue weighted by atomic mass is 10.1. The van der Waals surface area contributed by atoms with Gasteiger partial charge in [-0.1, -0.05) is 23.2 Å². The summed E-state index contributed by atoms with van der Waals surface area (Å²) in [6, 6.07) is 2.30. The van der Waals surface area contributed by atoms with Crippen LogP contribution in [0.1, 0.15) is 10.4 Å². The monoisotopic (exact) mass is 303 g/mol. The van der Waals surface area contributed by atoms with Gasteiger partial charge in [-0.15, -0.1) is 0 Å². The van der Waals surface area contributed by atoms with Gasteiger partial charge >= 0.3 is 0 Å². The van der Waals surface area contributed by atoms with Crippen LogP contribution >= 0.6 is 23.2 Å². The highest BCUT2D eigenvalue weighted by atomic mass is 35.5. The van der Waals surface area contributed by atoms with Crippen molar-refractivity contribution in [1.29, 1.82) is 0 Å². The summed E-state index contributed by atoms with van der Waals surface area (Å²) in [6.45, 7) is 2.45. The molecule has 1 amide bonds. The van der Waals surface area contributed by atoms with Crippen molar-refractivity contribution in [2.45, 2.75) is 0 Å². The summed E-state index contributed by atoms with van der Waals surface area (Å²) in [7, 11) is 0. The number of nitrogens with one attached hydrogen (secondary N) is 1. The number of non-ortho nitro benzene ring substituents is 1. The lowest BCUT2D eigenvalue weighted by Crippen LogP contribution is -2.46. The zero-order valence-corrected chi connectivity index (χ0v) is 11.4. The molecule has 8 heteroatoms. The van der Waals surface area contributed by atoms with Crippen molar-refractivity contribution in [3.05, 3.63) is 37.9 Å². The molecule has 1 aliphatic heterocycles. The second kappa shape index (κ2) is 5.73. The average molecular weight is 304 g/mol. The molecule has 1 N–H and O–H groups in total. The smallest absolute Gasteiger partial charge is 0.271 e. The number of piperazine rings is 1. The van der Waals surface area contributed by atoms with E-state index in [1.165, 1.54) is 6.07 Å². The van der Waals surface area contributed by atoms with Crippen molar-refractivity contribution >= 4 is 34.8 Å². The Bertz CT molecular complexity index is 530. The minimum absolute atomic E-state index is 0.00866. The SMILES string of the molecule is O=C(c1cc([N+](=O)[O-])cc(Cl)c1Cl)N1CCNCC1. The first-order valence-corrected chi connectivity index (χ1v) is 6.39. The largest absolute Gasteiger partial charge is 0.336 e. The van der Waals surface area contributed by atoms with Crippen LogP contribution in [-0.4, -0.2) is 41.9 Å². The number of benzene rings is 1. The normalized spacial score (nSPS) is 15.4. The summed E-state index contributed by atoms with van der Waals surface area (Å²) in [5, 5.41) is 14.0. The first-order valence-electron chi connectivity index (χ1n) is 5.64. The van der Waals surface area contributed by atoms with Gasteiger partial charge in [-0.2, -0.15) is 0 Å². The lowest BCUT2D eigenvalue weighted by molar-refractivity contribution is -0.384. The van der Waals surface area contributed by atoms with Gasteiger partial charge in [0.05, 0.1) is 20.5 Å². The van der Waals surface area contributed by atoms with Crippen molar-refractivity contribution in [3.63, 3.8) is 0 Å². The topological polar surface area (TPSA) is 75.5 Å². The fourth-order valence-corrected chi connectivity index (χ4v) is 2.28. The van der Waals surface area contributed by atoms with Gasteiger partial charge in [-0.3, -0.25) is 14.9 Å². The predicted molar refractivity (Wildman–Crippen MR) is 71.9 cm³/mol. The van der Waals surface area contributed by atoms with Gasteiger partial charge < -0.3 is 10.2 Å². The fourth-order valence-electron chi connectivity index (χ4n) is 1.87. The van der Waals surface area contributed by atoms with E-state index in [0.29, 0.717) is 26.2 Å². The molecule has 0 saturated carbocycles. The molecule has 1 heterocycles. The summed E-state index contributed by atoms with van der Waals surface area (Å²) >= 11 is 11.8. The summed E-state index contributed by atoms with van der Waals surface area (Å²) in [5.41, 5.74) is -0.171. The maximum absolute atomic E-state index is 12.3. The molecule has 0 aliphatic carbocycles. The first kappa shape index (κ1) is 14.0. The minimum atomic E-state index is -0.600. The average Bonchev–Trinajstić information content (AvgIpc) is 2.41. The van der Waals surface area contributed by atoms with Crippen molar-refractivity contribution in [2.24, 2.45) is 0 Å². The molecule has 2 rings (SSSR count). The molecule has 19 heavy (non-hydrogen) atoms. The van der Waals surface area contributed by atoms with E-state index in [1.807, 2.05) is 0 Å². The highest BCUT2D eigenvalue weighted by molar-refractivity contribution is 6.44. The van der Waals surface area contributed by atoms with Crippen LogP contribution in [0, 0.1) is 10.1 Å². The summed E-state index contributed by atoms with van der Waals surface area (Å²) in [5.74, 6) is -0.336. The molecule has 0 spiro atoms. The molecule has 1 saturated heterocycles. The van der Waals surface area contributed by atoms with Crippen LogP contribution in [0.15, 0.2) is 12.1 Å². The standard InChI is InChI=1S/C11H11Cl2N3O3/c12-9-6-7(16(18)19)5-8(10(9)13)11(17)15-3-1-14-2-4-15/h5-6,14H,1-4H2. The lowest BCUT2D eigenvalue weighted by Gasteiger charge is -2.27. The molecule has 1 fully saturated rings. The number of rotatable bonds is 2. The Hall–Kier alpha value is -1.37. The summed E-state index contributed by atoms with van der Waals surface area (Å²) in [4.78, 5) is 24.1. The van der Waals surface area contributed by atoms with Crippen LogP contribution in [0.2, 0.25) is 10.0 Å². The van der Waals surface area contributed by atoms with Gasteiger partial charge in [0.25, 0.3) is 11.6 Å². The van der Waals surface area contributed by atoms with Crippen LogP contribution in [0.4, 0.5) is 5.69 Å². The number of hydrogen-bond acceptors (Lipinski definition) is 4. The quantitative estimate of drug-likeness (QED) is 0.669. The first-order chi connectivity index (χ1) is 9.00. The maximum Gasteiger partial charge on any atom is 0.271 e. The van der Waals surface area contributed by atoms with Gasteiger partial charge in [0, 0.05) is 38.3 Å².